The molecule has 2 aromatic rings. The number of carbonyl (C=O) groups excluding carboxylic acids is 1. The molecule has 1 aromatic heterocycles. The fourth-order valence-electron chi connectivity index (χ4n) is 1.42. The van der Waals surface area contributed by atoms with Crippen molar-refractivity contribution >= 4 is 17.7 Å². The summed E-state index contributed by atoms with van der Waals surface area (Å²) in [6.45, 7) is 2.05. The van der Waals surface area contributed by atoms with Gasteiger partial charge in [0.25, 0.3) is 5.91 Å². The van der Waals surface area contributed by atoms with Gasteiger partial charge in [-0.25, -0.2) is 0 Å². The van der Waals surface area contributed by atoms with Crippen molar-refractivity contribution in [1.82, 2.24) is 4.98 Å². The number of hydrogen-bond acceptors (Lipinski definition) is 3. The number of benzene rings is 1. The number of nitrogens with two attached hydrogens (primary N) is 1. The first-order chi connectivity index (χ1) is 8.15. The van der Waals surface area contributed by atoms with Gasteiger partial charge in [-0.15, -0.1) is 0 Å². The molecule has 0 bridgehead atoms. The zero-order valence-electron chi connectivity index (χ0n) is 9.38. The molecule has 0 aliphatic rings. The molecule has 17 heavy (non-hydrogen) atoms. The van der Waals surface area contributed by atoms with Crippen molar-refractivity contribution in [3.8, 4) is 0 Å². The number of aryl methyl sites for hydroxylation is 1. The van der Waals surface area contributed by atoms with Gasteiger partial charge in [-0.05, 0) is 31.2 Å². The molecule has 0 aliphatic heterocycles. The Labute approximate surface area is 104 Å². The van der Waals surface area contributed by atoms with E-state index in [4.69, 9.17) is 5.73 Å². The molecule has 0 fully saturated rings. The molecule has 2 rings (SSSR count). The third-order valence-corrected chi connectivity index (χ3v) is 3.19. The van der Waals surface area contributed by atoms with Crippen LogP contribution in [-0.4, -0.2) is 10.9 Å². The molecule has 2 N–H and O–H groups in total. The number of aromatic nitrogens is 1. The molecule has 0 aliphatic carbocycles. The van der Waals surface area contributed by atoms with Crippen LogP contribution in [0.3, 0.4) is 0 Å². The van der Waals surface area contributed by atoms with Gasteiger partial charge in [0.15, 0.2) is 0 Å². The van der Waals surface area contributed by atoms with Crippen LogP contribution in [0.5, 0.6) is 0 Å². The largest absolute Gasteiger partial charge is 0.364 e. The van der Waals surface area contributed by atoms with E-state index in [1.165, 1.54) is 5.56 Å². The molecule has 86 valence electrons. The molecule has 1 aromatic carbocycles. The van der Waals surface area contributed by atoms with Crippen molar-refractivity contribution in [2.75, 3.05) is 0 Å². The smallest absolute Gasteiger partial charge is 0.267 e. The predicted octanol–water partition coefficient (Wildman–Crippen LogP) is 2.64. The van der Waals surface area contributed by atoms with Gasteiger partial charge in [0.05, 0.1) is 0 Å². The summed E-state index contributed by atoms with van der Waals surface area (Å²) in [5, 5.41) is 0. The topological polar surface area (TPSA) is 56.0 Å². The van der Waals surface area contributed by atoms with Crippen LogP contribution in [0.15, 0.2) is 52.4 Å². The Morgan fingerprint density at radius 3 is 2.71 bits per heavy atom. The van der Waals surface area contributed by atoms with E-state index in [9.17, 15) is 4.79 Å². The Balaban J connectivity index is 2.24. The Morgan fingerprint density at radius 1 is 1.24 bits per heavy atom. The highest BCUT2D eigenvalue weighted by atomic mass is 32.2. The first-order valence-electron chi connectivity index (χ1n) is 5.15. The SMILES string of the molecule is Cc1cccc(Sc2ccnc(C(N)=O)c2)c1. The van der Waals surface area contributed by atoms with E-state index in [0.717, 1.165) is 9.79 Å². The van der Waals surface area contributed by atoms with Crippen LogP contribution in [0.4, 0.5) is 0 Å². The highest BCUT2D eigenvalue weighted by molar-refractivity contribution is 7.99. The van der Waals surface area contributed by atoms with Crippen molar-refractivity contribution in [2.24, 2.45) is 5.73 Å². The van der Waals surface area contributed by atoms with Crippen molar-refractivity contribution in [3.05, 3.63) is 53.9 Å². The quantitative estimate of drug-likeness (QED) is 0.903. The second-order valence-electron chi connectivity index (χ2n) is 3.66. The van der Waals surface area contributed by atoms with Gasteiger partial charge < -0.3 is 5.73 Å². The molecule has 0 unspecified atom stereocenters. The Bertz CT molecular complexity index is 555. The number of primary amides is 1. The summed E-state index contributed by atoms with van der Waals surface area (Å²) in [5.41, 5.74) is 6.69. The minimum Gasteiger partial charge on any atom is -0.364 e. The van der Waals surface area contributed by atoms with Gasteiger partial charge in [0, 0.05) is 16.0 Å². The number of carbonyl (C=O) groups is 1. The maximum atomic E-state index is 11.0. The fourth-order valence-corrected chi connectivity index (χ4v) is 2.39. The summed E-state index contributed by atoms with van der Waals surface area (Å²) < 4.78 is 0. The van der Waals surface area contributed by atoms with E-state index < -0.39 is 5.91 Å². The average Bonchev–Trinajstić information content (AvgIpc) is 2.29. The molecule has 1 amide bonds. The van der Waals surface area contributed by atoms with Gasteiger partial charge in [0.1, 0.15) is 5.69 Å². The average molecular weight is 244 g/mol. The van der Waals surface area contributed by atoms with Crippen LogP contribution in [0.2, 0.25) is 0 Å². The van der Waals surface area contributed by atoms with E-state index in [1.807, 2.05) is 31.2 Å². The fraction of sp³-hybridized carbons (Fsp3) is 0.0769. The molecule has 4 heteroatoms. The first-order valence-corrected chi connectivity index (χ1v) is 5.97. The lowest BCUT2D eigenvalue weighted by Gasteiger charge is -2.03. The van der Waals surface area contributed by atoms with Gasteiger partial charge >= 0.3 is 0 Å². The third kappa shape index (κ3) is 3.07. The Kier molecular flexibility index (Phi) is 3.44. The monoisotopic (exact) mass is 244 g/mol. The van der Waals surface area contributed by atoms with Crippen LogP contribution in [-0.2, 0) is 0 Å². The second-order valence-corrected chi connectivity index (χ2v) is 4.81. The maximum absolute atomic E-state index is 11.0. The van der Waals surface area contributed by atoms with Crippen LogP contribution in [0.25, 0.3) is 0 Å². The van der Waals surface area contributed by atoms with Crippen LogP contribution in [0, 0.1) is 6.92 Å². The summed E-state index contributed by atoms with van der Waals surface area (Å²) >= 11 is 1.59. The molecule has 0 saturated heterocycles. The third-order valence-electron chi connectivity index (χ3n) is 2.21. The van der Waals surface area contributed by atoms with Gasteiger partial charge in [-0.3, -0.25) is 9.78 Å². The molecule has 0 radical (unpaired) electrons. The van der Waals surface area contributed by atoms with Crippen molar-refractivity contribution in [3.63, 3.8) is 0 Å². The number of rotatable bonds is 3. The summed E-state index contributed by atoms with van der Waals surface area (Å²) in [5.74, 6) is -0.503. The molecule has 1 heterocycles. The van der Waals surface area contributed by atoms with Crippen LogP contribution in [0.1, 0.15) is 16.1 Å². The molecular weight excluding hydrogens is 232 g/mol. The minimum atomic E-state index is -0.503. The summed E-state index contributed by atoms with van der Waals surface area (Å²) in [6.07, 6.45) is 1.60. The highest BCUT2D eigenvalue weighted by Crippen LogP contribution is 2.27. The lowest BCUT2D eigenvalue weighted by Crippen LogP contribution is -2.12. The molecule has 0 saturated carbocycles. The lowest BCUT2D eigenvalue weighted by atomic mass is 10.2. The zero-order chi connectivity index (χ0) is 12.3. The predicted molar refractivity (Wildman–Crippen MR) is 68.1 cm³/mol. The molecular formula is C13H12N2OS. The highest BCUT2D eigenvalue weighted by Gasteiger charge is 2.04. The van der Waals surface area contributed by atoms with E-state index in [2.05, 4.69) is 11.1 Å². The van der Waals surface area contributed by atoms with Crippen molar-refractivity contribution < 1.29 is 4.79 Å². The Morgan fingerprint density at radius 2 is 2.00 bits per heavy atom. The van der Waals surface area contributed by atoms with Crippen molar-refractivity contribution in [2.45, 2.75) is 16.7 Å². The number of nitrogens with zero attached hydrogens (tertiary/aromatic N) is 1. The lowest BCUT2D eigenvalue weighted by molar-refractivity contribution is 0.0995. The molecule has 0 atom stereocenters. The van der Waals surface area contributed by atoms with Crippen molar-refractivity contribution in [1.29, 1.82) is 0 Å². The van der Waals surface area contributed by atoms with E-state index in [1.54, 1.807) is 24.0 Å². The van der Waals surface area contributed by atoms with Crippen LogP contribution >= 0.6 is 11.8 Å². The Hall–Kier alpha value is -1.81. The summed E-state index contributed by atoms with van der Waals surface area (Å²) in [7, 11) is 0. The number of amides is 1. The second kappa shape index (κ2) is 5.01. The zero-order valence-corrected chi connectivity index (χ0v) is 10.2. The standard InChI is InChI=1S/C13H12N2OS/c1-9-3-2-4-10(7-9)17-11-5-6-15-12(8-11)13(14)16/h2-8H,1H3,(H2,14,16). The number of pyridine rings is 1. The maximum Gasteiger partial charge on any atom is 0.267 e. The summed E-state index contributed by atoms with van der Waals surface area (Å²) in [4.78, 5) is 17.0. The van der Waals surface area contributed by atoms with Gasteiger partial charge in [-0.2, -0.15) is 0 Å². The van der Waals surface area contributed by atoms with Gasteiger partial charge in [0.2, 0.25) is 0 Å². The van der Waals surface area contributed by atoms with E-state index >= 15 is 0 Å². The summed E-state index contributed by atoms with van der Waals surface area (Å²) in [6, 6.07) is 11.7. The number of hydrogen-bond donors (Lipinski definition) is 1. The first kappa shape index (κ1) is 11.7. The van der Waals surface area contributed by atoms with Gasteiger partial charge in [-0.1, -0.05) is 29.5 Å². The molecule has 3 nitrogen and oxygen atoms in total. The van der Waals surface area contributed by atoms with Crippen LogP contribution < -0.4 is 5.73 Å². The van der Waals surface area contributed by atoms with E-state index in [0.29, 0.717) is 5.69 Å². The normalized spacial score (nSPS) is 10.2. The minimum absolute atomic E-state index is 0.294. The molecule has 0 spiro atoms. The van der Waals surface area contributed by atoms with E-state index in [-0.39, 0.29) is 0 Å².